The highest BCUT2D eigenvalue weighted by Gasteiger charge is 2.14. The Morgan fingerprint density at radius 1 is 1.55 bits per heavy atom. The fraction of sp³-hybridized carbons (Fsp3) is 0.455. The fourth-order valence-electron chi connectivity index (χ4n) is 1.72. The van der Waals surface area contributed by atoms with E-state index in [2.05, 4.69) is 25.5 Å². The molecule has 2 rings (SSSR count). The Balaban J connectivity index is 2.09. The van der Waals surface area contributed by atoms with Crippen molar-refractivity contribution < 1.29 is 9.53 Å². The summed E-state index contributed by atoms with van der Waals surface area (Å²) in [5, 5.41) is 10.2. The SMILES string of the molecule is COCCNC(=O)CN(C)c1nc(Cl)nc2[nH]ncc12. The summed E-state index contributed by atoms with van der Waals surface area (Å²) in [6.45, 7) is 1.09. The van der Waals surface area contributed by atoms with Gasteiger partial charge in [0.05, 0.1) is 24.7 Å². The molecule has 2 aromatic heterocycles. The molecule has 0 spiro atoms. The van der Waals surface area contributed by atoms with Gasteiger partial charge in [-0.2, -0.15) is 15.1 Å². The molecule has 0 aliphatic carbocycles. The van der Waals surface area contributed by atoms with Crippen LogP contribution in [0, 0.1) is 0 Å². The van der Waals surface area contributed by atoms with Crippen LogP contribution >= 0.6 is 11.6 Å². The molecule has 20 heavy (non-hydrogen) atoms. The quantitative estimate of drug-likeness (QED) is 0.584. The number of aromatic amines is 1. The number of anilines is 1. The summed E-state index contributed by atoms with van der Waals surface area (Å²) in [6, 6.07) is 0. The van der Waals surface area contributed by atoms with E-state index in [1.807, 2.05) is 0 Å². The van der Waals surface area contributed by atoms with Crippen LogP contribution in [0.5, 0.6) is 0 Å². The predicted molar refractivity (Wildman–Crippen MR) is 74.8 cm³/mol. The Labute approximate surface area is 120 Å². The predicted octanol–water partition coefficient (Wildman–Crippen LogP) is 0.205. The van der Waals surface area contributed by atoms with Gasteiger partial charge in [-0.1, -0.05) is 0 Å². The van der Waals surface area contributed by atoms with Gasteiger partial charge >= 0.3 is 0 Å². The Kier molecular flexibility index (Phi) is 4.70. The normalized spacial score (nSPS) is 10.8. The lowest BCUT2D eigenvalue weighted by molar-refractivity contribution is -0.119. The minimum Gasteiger partial charge on any atom is -0.383 e. The molecule has 0 radical (unpaired) electrons. The van der Waals surface area contributed by atoms with E-state index >= 15 is 0 Å². The number of nitrogens with one attached hydrogen (secondary N) is 2. The highest BCUT2D eigenvalue weighted by molar-refractivity contribution is 6.28. The van der Waals surface area contributed by atoms with Crippen LogP contribution in [0.1, 0.15) is 0 Å². The van der Waals surface area contributed by atoms with Crippen LogP contribution in [0.4, 0.5) is 5.82 Å². The molecule has 2 heterocycles. The van der Waals surface area contributed by atoms with Gasteiger partial charge in [0, 0.05) is 20.7 Å². The minimum atomic E-state index is -0.129. The number of nitrogens with zero attached hydrogens (tertiary/aromatic N) is 4. The van der Waals surface area contributed by atoms with Gasteiger partial charge in [0.25, 0.3) is 0 Å². The molecular weight excluding hydrogens is 284 g/mol. The maximum Gasteiger partial charge on any atom is 0.239 e. The Hall–Kier alpha value is -1.93. The average Bonchev–Trinajstić information content (AvgIpc) is 2.85. The fourth-order valence-corrected chi connectivity index (χ4v) is 1.89. The standard InChI is InChI=1S/C11H15ClN6O2/c1-18(6-8(19)13-3-4-20-2)10-7-5-14-17-9(7)15-11(12)16-10/h5H,3-4,6H2,1-2H3,(H,13,19)(H,14,15,16,17). The van der Waals surface area contributed by atoms with Gasteiger partial charge in [0.2, 0.25) is 11.2 Å². The van der Waals surface area contributed by atoms with Crippen molar-refractivity contribution in [1.29, 1.82) is 0 Å². The zero-order valence-electron chi connectivity index (χ0n) is 11.2. The van der Waals surface area contributed by atoms with Gasteiger partial charge in [-0.15, -0.1) is 0 Å². The maximum atomic E-state index is 11.8. The van der Waals surface area contributed by atoms with Gasteiger partial charge < -0.3 is 15.0 Å². The highest BCUT2D eigenvalue weighted by atomic mass is 35.5. The van der Waals surface area contributed by atoms with E-state index in [0.717, 1.165) is 0 Å². The lowest BCUT2D eigenvalue weighted by atomic mass is 10.3. The zero-order chi connectivity index (χ0) is 14.5. The van der Waals surface area contributed by atoms with Gasteiger partial charge in [0.15, 0.2) is 5.65 Å². The number of methoxy groups -OCH3 is 1. The number of hydrogen-bond acceptors (Lipinski definition) is 6. The van der Waals surface area contributed by atoms with Crippen molar-refractivity contribution in [3.63, 3.8) is 0 Å². The second-order valence-electron chi connectivity index (χ2n) is 4.15. The van der Waals surface area contributed by atoms with Crippen molar-refractivity contribution in [1.82, 2.24) is 25.5 Å². The van der Waals surface area contributed by atoms with Crippen molar-refractivity contribution in [2.24, 2.45) is 0 Å². The van der Waals surface area contributed by atoms with Crippen molar-refractivity contribution in [3.05, 3.63) is 11.5 Å². The Morgan fingerprint density at radius 3 is 3.10 bits per heavy atom. The molecule has 0 atom stereocenters. The number of carbonyl (C=O) groups is 1. The summed E-state index contributed by atoms with van der Waals surface area (Å²) in [5.74, 6) is 0.423. The van der Waals surface area contributed by atoms with E-state index in [9.17, 15) is 4.79 Å². The van der Waals surface area contributed by atoms with E-state index in [4.69, 9.17) is 16.3 Å². The maximum absolute atomic E-state index is 11.8. The van der Waals surface area contributed by atoms with Crippen molar-refractivity contribution in [2.45, 2.75) is 0 Å². The molecule has 0 aromatic carbocycles. The number of hydrogen-bond donors (Lipinski definition) is 2. The van der Waals surface area contributed by atoms with E-state index in [1.54, 1.807) is 25.3 Å². The number of rotatable bonds is 6. The van der Waals surface area contributed by atoms with Crippen molar-refractivity contribution in [2.75, 3.05) is 38.8 Å². The molecular formula is C11H15ClN6O2. The van der Waals surface area contributed by atoms with Crippen molar-refractivity contribution in [3.8, 4) is 0 Å². The lowest BCUT2D eigenvalue weighted by Crippen LogP contribution is -2.37. The zero-order valence-corrected chi connectivity index (χ0v) is 11.9. The third kappa shape index (κ3) is 3.34. The monoisotopic (exact) mass is 298 g/mol. The summed E-state index contributed by atoms with van der Waals surface area (Å²) < 4.78 is 4.87. The third-order valence-corrected chi connectivity index (χ3v) is 2.80. The summed E-state index contributed by atoms with van der Waals surface area (Å²) in [5.41, 5.74) is 0.534. The molecule has 2 N–H and O–H groups in total. The van der Waals surface area contributed by atoms with Crippen LogP contribution in [-0.2, 0) is 9.53 Å². The van der Waals surface area contributed by atoms with E-state index in [-0.39, 0.29) is 17.7 Å². The number of amides is 1. The van der Waals surface area contributed by atoms with E-state index in [1.165, 1.54) is 0 Å². The molecule has 1 amide bonds. The summed E-state index contributed by atoms with van der Waals surface area (Å²) in [7, 11) is 3.33. The topological polar surface area (TPSA) is 96.0 Å². The van der Waals surface area contributed by atoms with E-state index in [0.29, 0.717) is 30.0 Å². The van der Waals surface area contributed by atoms with Gasteiger partial charge in [-0.25, -0.2) is 0 Å². The van der Waals surface area contributed by atoms with Gasteiger partial charge in [0.1, 0.15) is 5.82 Å². The number of ether oxygens (including phenoxy) is 1. The first-order valence-electron chi connectivity index (χ1n) is 5.95. The molecule has 0 bridgehead atoms. The first kappa shape index (κ1) is 14.5. The Bertz CT molecular complexity index is 602. The van der Waals surface area contributed by atoms with E-state index < -0.39 is 0 Å². The average molecular weight is 299 g/mol. The number of likely N-dealkylation sites (N-methyl/N-ethyl adjacent to an activating group) is 1. The number of aromatic nitrogens is 4. The number of fused-ring (bicyclic) bond motifs is 1. The number of halogens is 1. The van der Waals surface area contributed by atoms with Crippen molar-refractivity contribution >= 4 is 34.4 Å². The third-order valence-electron chi connectivity index (χ3n) is 2.63. The number of H-pyrrole nitrogens is 1. The second kappa shape index (κ2) is 6.49. The van der Waals surface area contributed by atoms with Crippen LogP contribution in [0.3, 0.4) is 0 Å². The molecule has 0 saturated heterocycles. The smallest absolute Gasteiger partial charge is 0.239 e. The molecule has 8 nitrogen and oxygen atoms in total. The summed E-state index contributed by atoms with van der Waals surface area (Å²) in [4.78, 5) is 21.6. The highest BCUT2D eigenvalue weighted by Crippen LogP contribution is 2.22. The molecule has 0 fully saturated rings. The Morgan fingerprint density at radius 2 is 2.35 bits per heavy atom. The molecule has 0 aliphatic heterocycles. The van der Waals surface area contributed by atoms with Crippen LogP contribution in [-0.4, -0.2) is 59.9 Å². The van der Waals surface area contributed by atoms with Gasteiger partial charge in [-0.3, -0.25) is 9.89 Å². The molecule has 108 valence electrons. The van der Waals surface area contributed by atoms with Gasteiger partial charge in [-0.05, 0) is 11.6 Å². The molecule has 0 aliphatic rings. The van der Waals surface area contributed by atoms with Crippen LogP contribution in [0.2, 0.25) is 5.28 Å². The summed E-state index contributed by atoms with van der Waals surface area (Å²) in [6.07, 6.45) is 1.60. The first-order chi connectivity index (χ1) is 9.61. The minimum absolute atomic E-state index is 0.100. The summed E-state index contributed by atoms with van der Waals surface area (Å²) >= 11 is 5.85. The number of carbonyl (C=O) groups excluding carboxylic acids is 1. The second-order valence-corrected chi connectivity index (χ2v) is 4.49. The van der Waals surface area contributed by atoms with Crippen LogP contribution in [0.25, 0.3) is 11.0 Å². The molecule has 0 saturated carbocycles. The molecule has 9 heteroatoms. The molecule has 0 unspecified atom stereocenters. The van der Waals surface area contributed by atoms with Crippen LogP contribution < -0.4 is 10.2 Å². The lowest BCUT2D eigenvalue weighted by Gasteiger charge is -2.18. The largest absolute Gasteiger partial charge is 0.383 e. The first-order valence-corrected chi connectivity index (χ1v) is 6.33. The van der Waals surface area contributed by atoms with Crippen LogP contribution in [0.15, 0.2) is 6.20 Å². The molecule has 2 aromatic rings.